The van der Waals surface area contributed by atoms with E-state index in [9.17, 15) is 0 Å². The number of nitrogens with one attached hydrogen (secondary N) is 1. The smallest absolute Gasteiger partial charge is 0.316 e. The Morgan fingerprint density at radius 1 is 1.39 bits per heavy atom. The predicted octanol–water partition coefficient (Wildman–Crippen LogP) is 2.61. The summed E-state index contributed by atoms with van der Waals surface area (Å²) in [6, 6.07) is 1.23. The fraction of sp³-hybridized carbons (Fsp3) is 0.714. The van der Waals surface area contributed by atoms with Crippen LogP contribution in [0.25, 0.3) is 0 Å². The van der Waals surface area contributed by atoms with Crippen LogP contribution < -0.4 is 10.1 Å². The van der Waals surface area contributed by atoms with Gasteiger partial charge in [-0.25, -0.2) is 9.97 Å². The monoisotopic (exact) mass is 249 g/mol. The Morgan fingerprint density at radius 3 is 2.89 bits per heavy atom. The Kier molecular flexibility index (Phi) is 4.93. The number of aromatic nitrogens is 2. The third-order valence-electron chi connectivity index (χ3n) is 3.20. The van der Waals surface area contributed by atoms with Gasteiger partial charge in [0.25, 0.3) is 0 Å². The van der Waals surface area contributed by atoms with Gasteiger partial charge in [0.1, 0.15) is 0 Å². The predicted molar refractivity (Wildman–Crippen MR) is 71.7 cm³/mol. The van der Waals surface area contributed by atoms with Crippen LogP contribution in [0.3, 0.4) is 0 Å². The van der Waals surface area contributed by atoms with E-state index in [2.05, 4.69) is 22.2 Å². The van der Waals surface area contributed by atoms with Crippen molar-refractivity contribution in [2.24, 2.45) is 0 Å². The molecule has 1 aliphatic rings. The number of rotatable bonds is 8. The van der Waals surface area contributed by atoms with Gasteiger partial charge in [0.05, 0.1) is 6.61 Å². The molecule has 0 unspecified atom stereocenters. The maximum atomic E-state index is 5.54. The summed E-state index contributed by atoms with van der Waals surface area (Å²) in [4.78, 5) is 8.66. The summed E-state index contributed by atoms with van der Waals surface area (Å²) in [5, 5.41) is 3.47. The minimum atomic E-state index is 0.513. The number of hydrogen-bond donors (Lipinski definition) is 1. The summed E-state index contributed by atoms with van der Waals surface area (Å²) in [6.45, 7) is 5.78. The quantitative estimate of drug-likeness (QED) is 0.719. The normalized spacial score (nSPS) is 14.8. The lowest BCUT2D eigenvalue weighted by molar-refractivity contribution is 0.281. The summed E-state index contributed by atoms with van der Waals surface area (Å²) >= 11 is 0. The second-order valence-electron chi connectivity index (χ2n) is 4.97. The largest absolute Gasteiger partial charge is 0.463 e. The van der Waals surface area contributed by atoms with E-state index in [0.29, 0.717) is 12.6 Å². The third-order valence-corrected chi connectivity index (χ3v) is 3.20. The lowest BCUT2D eigenvalue weighted by atomic mass is 10.2. The second-order valence-corrected chi connectivity index (χ2v) is 4.97. The molecule has 0 spiro atoms. The van der Waals surface area contributed by atoms with Crippen molar-refractivity contribution in [2.75, 3.05) is 6.61 Å². The van der Waals surface area contributed by atoms with E-state index in [4.69, 9.17) is 4.74 Å². The molecule has 2 rings (SSSR count). The van der Waals surface area contributed by atoms with Gasteiger partial charge < -0.3 is 10.1 Å². The first-order chi connectivity index (χ1) is 8.79. The first-order valence-electron chi connectivity index (χ1n) is 6.98. The molecule has 0 aliphatic heterocycles. The fourth-order valence-corrected chi connectivity index (χ4v) is 1.77. The van der Waals surface area contributed by atoms with Crippen molar-refractivity contribution in [1.29, 1.82) is 0 Å². The minimum Gasteiger partial charge on any atom is -0.463 e. The van der Waals surface area contributed by atoms with Crippen molar-refractivity contribution >= 4 is 0 Å². The number of ether oxygens (including phenoxy) is 1. The molecule has 1 heterocycles. The molecule has 4 nitrogen and oxygen atoms in total. The molecule has 1 N–H and O–H groups in total. The third kappa shape index (κ3) is 4.26. The molecule has 1 aromatic heterocycles. The maximum Gasteiger partial charge on any atom is 0.316 e. The molecule has 1 fully saturated rings. The molecular formula is C14H23N3O. The summed E-state index contributed by atoms with van der Waals surface area (Å²) in [5.41, 5.74) is 2.19. The van der Waals surface area contributed by atoms with Gasteiger partial charge in [-0.15, -0.1) is 0 Å². The molecule has 18 heavy (non-hydrogen) atoms. The minimum absolute atomic E-state index is 0.513. The van der Waals surface area contributed by atoms with Crippen LogP contribution in [0.15, 0.2) is 6.20 Å². The van der Waals surface area contributed by atoms with Gasteiger partial charge in [0, 0.05) is 30.0 Å². The molecule has 4 heteroatoms. The highest BCUT2D eigenvalue weighted by Gasteiger charge is 2.20. The second kappa shape index (κ2) is 6.69. The highest BCUT2D eigenvalue weighted by Crippen LogP contribution is 2.19. The Balaban J connectivity index is 1.79. The number of unbranched alkanes of at least 4 members (excludes halogenated alkanes) is 2. The Labute approximate surface area is 109 Å². The molecule has 100 valence electrons. The first-order valence-corrected chi connectivity index (χ1v) is 6.98. The zero-order valence-electron chi connectivity index (χ0n) is 11.4. The van der Waals surface area contributed by atoms with Gasteiger partial charge in [-0.05, 0) is 26.2 Å². The number of aryl methyl sites for hydroxylation is 1. The van der Waals surface area contributed by atoms with E-state index in [1.54, 1.807) is 0 Å². The zero-order chi connectivity index (χ0) is 12.8. The fourth-order valence-electron chi connectivity index (χ4n) is 1.77. The summed E-state index contributed by atoms with van der Waals surface area (Å²) < 4.78 is 5.54. The van der Waals surface area contributed by atoms with Gasteiger partial charge >= 0.3 is 6.01 Å². The van der Waals surface area contributed by atoms with Crippen LogP contribution in [0.4, 0.5) is 0 Å². The average Bonchev–Trinajstić information content (AvgIpc) is 3.18. The molecular weight excluding hydrogens is 226 g/mol. The summed E-state index contributed by atoms with van der Waals surface area (Å²) in [5.74, 6) is 0. The molecule has 0 amide bonds. The van der Waals surface area contributed by atoms with E-state index in [0.717, 1.165) is 24.7 Å². The standard InChI is InChI=1S/C14H23N3O/c1-3-4-5-8-18-14-16-10-12(11(2)17-14)9-15-13-6-7-13/h10,13,15H,3-9H2,1-2H3. The van der Waals surface area contributed by atoms with Gasteiger partial charge in [-0.3, -0.25) is 0 Å². The van der Waals surface area contributed by atoms with Crippen molar-refractivity contribution in [1.82, 2.24) is 15.3 Å². The van der Waals surface area contributed by atoms with Gasteiger partial charge in [-0.1, -0.05) is 19.8 Å². The van der Waals surface area contributed by atoms with Crippen molar-refractivity contribution in [3.8, 4) is 6.01 Å². The van der Waals surface area contributed by atoms with Gasteiger partial charge in [-0.2, -0.15) is 0 Å². The maximum absolute atomic E-state index is 5.54. The van der Waals surface area contributed by atoms with Crippen molar-refractivity contribution < 1.29 is 4.74 Å². The van der Waals surface area contributed by atoms with Crippen molar-refractivity contribution in [2.45, 2.75) is 58.5 Å². The Morgan fingerprint density at radius 2 is 2.22 bits per heavy atom. The van der Waals surface area contributed by atoms with E-state index in [1.165, 1.54) is 31.2 Å². The lowest BCUT2D eigenvalue weighted by Crippen LogP contribution is -2.17. The lowest BCUT2D eigenvalue weighted by Gasteiger charge is -2.08. The molecule has 0 atom stereocenters. The zero-order valence-corrected chi connectivity index (χ0v) is 11.4. The molecule has 1 saturated carbocycles. The van der Waals surface area contributed by atoms with Crippen LogP contribution >= 0.6 is 0 Å². The van der Waals surface area contributed by atoms with Crippen molar-refractivity contribution in [3.63, 3.8) is 0 Å². The highest BCUT2D eigenvalue weighted by atomic mass is 16.5. The molecule has 1 aromatic rings. The van der Waals surface area contributed by atoms with Crippen LogP contribution in [0.5, 0.6) is 6.01 Å². The van der Waals surface area contributed by atoms with E-state index in [-0.39, 0.29) is 0 Å². The molecule has 0 aromatic carbocycles. The molecule has 0 saturated heterocycles. The van der Waals surface area contributed by atoms with Crippen LogP contribution in [0.2, 0.25) is 0 Å². The van der Waals surface area contributed by atoms with Crippen LogP contribution in [-0.4, -0.2) is 22.6 Å². The van der Waals surface area contributed by atoms with E-state index >= 15 is 0 Å². The van der Waals surface area contributed by atoms with E-state index in [1.807, 2.05) is 13.1 Å². The van der Waals surface area contributed by atoms with Gasteiger partial charge in [0.2, 0.25) is 0 Å². The van der Waals surface area contributed by atoms with Crippen molar-refractivity contribution in [3.05, 3.63) is 17.5 Å². The van der Waals surface area contributed by atoms with Crippen LogP contribution in [0.1, 0.15) is 50.3 Å². The van der Waals surface area contributed by atoms with E-state index < -0.39 is 0 Å². The van der Waals surface area contributed by atoms with Crippen LogP contribution in [0, 0.1) is 6.92 Å². The molecule has 1 aliphatic carbocycles. The van der Waals surface area contributed by atoms with Gasteiger partial charge in [0.15, 0.2) is 0 Å². The summed E-state index contributed by atoms with van der Waals surface area (Å²) in [6.07, 6.45) is 7.96. The Hall–Kier alpha value is -1.16. The number of nitrogens with zero attached hydrogens (tertiary/aromatic N) is 2. The molecule has 0 radical (unpaired) electrons. The average molecular weight is 249 g/mol. The van der Waals surface area contributed by atoms with Crippen LogP contribution in [-0.2, 0) is 6.54 Å². The number of hydrogen-bond acceptors (Lipinski definition) is 4. The summed E-state index contributed by atoms with van der Waals surface area (Å²) in [7, 11) is 0. The topological polar surface area (TPSA) is 47.0 Å². The molecule has 0 bridgehead atoms. The first kappa shape index (κ1) is 13.3. The SMILES string of the molecule is CCCCCOc1ncc(CNC2CC2)c(C)n1. The highest BCUT2D eigenvalue weighted by molar-refractivity contribution is 5.17. The Bertz CT molecular complexity index is 377.